The summed E-state index contributed by atoms with van der Waals surface area (Å²) in [6, 6.07) is 4.88. The van der Waals surface area contributed by atoms with Crippen molar-refractivity contribution in [2.75, 3.05) is 23.3 Å². The molecule has 0 atom stereocenters. The Balaban J connectivity index is 1.67. The van der Waals surface area contributed by atoms with Crippen LogP contribution in [-0.2, 0) is 0 Å². The van der Waals surface area contributed by atoms with Crippen LogP contribution in [0.5, 0.6) is 0 Å². The fourth-order valence-electron chi connectivity index (χ4n) is 2.64. The predicted molar refractivity (Wildman–Crippen MR) is 97.1 cm³/mol. The number of rotatable bonds is 3. The number of piperidine rings is 1. The molecule has 24 heavy (non-hydrogen) atoms. The average Bonchev–Trinajstić information content (AvgIpc) is 2.55. The zero-order chi connectivity index (χ0) is 17.1. The maximum Gasteiger partial charge on any atom is 0.258 e. The number of nitrogens with one attached hydrogen (secondary N) is 1. The number of nitrogens with zero attached hydrogens (tertiary/aromatic N) is 3. The minimum atomic E-state index is -0.299. The molecule has 1 aliphatic heterocycles. The first-order chi connectivity index (χ1) is 11.5. The van der Waals surface area contributed by atoms with Crippen molar-refractivity contribution >= 4 is 40.7 Å². The highest BCUT2D eigenvalue weighted by Crippen LogP contribution is 2.23. The molecular formula is C17H18Cl2N4O. The van der Waals surface area contributed by atoms with E-state index in [-0.39, 0.29) is 5.91 Å². The molecule has 0 radical (unpaired) electrons. The Kier molecular flexibility index (Phi) is 5.21. The molecule has 5 nitrogen and oxygen atoms in total. The summed E-state index contributed by atoms with van der Waals surface area (Å²) in [6.45, 7) is 4.16. The van der Waals surface area contributed by atoms with Crippen molar-refractivity contribution in [1.29, 1.82) is 0 Å². The minimum Gasteiger partial charge on any atom is -0.341 e. The topological polar surface area (TPSA) is 58.1 Å². The standard InChI is InChI=1S/C17H18Cl2N4O/c1-11-2-4-23(5-3-11)17-20-9-12(10-21-17)16(24)22-15-7-13(18)6-14(19)8-15/h6-11H,2-5H2,1H3,(H,22,24). The molecule has 0 unspecified atom stereocenters. The second-order valence-corrected chi connectivity index (χ2v) is 6.93. The van der Waals surface area contributed by atoms with E-state index >= 15 is 0 Å². The molecule has 3 rings (SSSR count). The summed E-state index contributed by atoms with van der Waals surface area (Å²) in [5.41, 5.74) is 0.923. The normalized spacial score (nSPS) is 15.4. The van der Waals surface area contributed by atoms with Gasteiger partial charge in [0.25, 0.3) is 5.91 Å². The molecule has 0 bridgehead atoms. The maximum absolute atomic E-state index is 12.3. The number of anilines is 2. The van der Waals surface area contributed by atoms with Crippen LogP contribution < -0.4 is 10.2 Å². The Morgan fingerprint density at radius 2 is 1.71 bits per heavy atom. The molecule has 126 valence electrons. The molecule has 2 heterocycles. The van der Waals surface area contributed by atoms with Gasteiger partial charge in [-0.15, -0.1) is 0 Å². The average molecular weight is 365 g/mol. The van der Waals surface area contributed by atoms with E-state index in [0.29, 0.717) is 27.2 Å². The number of carbonyl (C=O) groups is 1. The van der Waals surface area contributed by atoms with Crippen LogP contribution >= 0.6 is 23.2 Å². The van der Waals surface area contributed by atoms with Gasteiger partial charge >= 0.3 is 0 Å². The van der Waals surface area contributed by atoms with E-state index in [1.165, 1.54) is 0 Å². The van der Waals surface area contributed by atoms with Gasteiger partial charge in [-0.25, -0.2) is 9.97 Å². The zero-order valence-corrected chi connectivity index (χ0v) is 14.8. The summed E-state index contributed by atoms with van der Waals surface area (Å²) in [6.07, 6.45) is 5.37. The van der Waals surface area contributed by atoms with Crippen molar-refractivity contribution in [2.24, 2.45) is 5.92 Å². The van der Waals surface area contributed by atoms with E-state index in [9.17, 15) is 4.79 Å². The Morgan fingerprint density at radius 3 is 2.29 bits per heavy atom. The summed E-state index contributed by atoms with van der Waals surface area (Å²) in [5, 5.41) is 3.67. The molecule has 7 heteroatoms. The highest BCUT2D eigenvalue weighted by molar-refractivity contribution is 6.35. The third kappa shape index (κ3) is 4.16. The molecule has 1 aromatic heterocycles. The van der Waals surface area contributed by atoms with E-state index in [2.05, 4.69) is 27.1 Å². The molecule has 1 N–H and O–H groups in total. The Morgan fingerprint density at radius 1 is 1.12 bits per heavy atom. The van der Waals surface area contributed by atoms with Gasteiger partial charge in [-0.3, -0.25) is 4.79 Å². The highest BCUT2D eigenvalue weighted by atomic mass is 35.5. The number of halogens is 2. The third-order valence-corrected chi connectivity index (χ3v) is 4.52. The Hall–Kier alpha value is -1.85. The molecule has 0 spiro atoms. The molecule has 1 fully saturated rings. The van der Waals surface area contributed by atoms with Crippen LogP contribution in [-0.4, -0.2) is 29.0 Å². The maximum atomic E-state index is 12.3. The second-order valence-electron chi connectivity index (χ2n) is 6.05. The van der Waals surface area contributed by atoms with Crippen LogP contribution in [0.4, 0.5) is 11.6 Å². The van der Waals surface area contributed by atoms with Gasteiger partial charge < -0.3 is 10.2 Å². The molecule has 1 saturated heterocycles. The van der Waals surface area contributed by atoms with Crippen LogP contribution in [0.1, 0.15) is 30.1 Å². The van der Waals surface area contributed by atoms with Crippen LogP contribution in [0, 0.1) is 5.92 Å². The summed E-state index contributed by atoms with van der Waals surface area (Å²) in [7, 11) is 0. The largest absolute Gasteiger partial charge is 0.341 e. The van der Waals surface area contributed by atoms with Gasteiger partial charge in [-0.05, 0) is 37.0 Å². The van der Waals surface area contributed by atoms with E-state index in [1.54, 1.807) is 30.6 Å². The minimum absolute atomic E-state index is 0.299. The number of carbonyl (C=O) groups excluding carboxylic acids is 1. The van der Waals surface area contributed by atoms with Crippen molar-refractivity contribution in [2.45, 2.75) is 19.8 Å². The van der Waals surface area contributed by atoms with Gasteiger partial charge in [0.1, 0.15) is 0 Å². The fourth-order valence-corrected chi connectivity index (χ4v) is 3.17. The lowest BCUT2D eigenvalue weighted by Gasteiger charge is -2.30. The molecule has 1 aromatic carbocycles. The molecule has 0 saturated carbocycles. The van der Waals surface area contributed by atoms with Crippen molar-refractivity contribution < 1.29 is 4.79 Å². The number of aromatic nitrogens is 2. The molecule has 1 aliphatic rings. The summed E-state index contributed by atoms with van der Waals surface area (Å²) < 4.78 is 0. The summed E-state index contributed by atoms with van der Waals surface area (Å²) in [4.78, 5) is 23.1. The lowest BCUT2D eigenvalue weighted by atomic mass is 10.00. The monoisotopic (exact) mass is 364 g/mol. The fraction of sp³-hybridized carbons (Fsp3) is 0.353. The Labute approximate surface area is 151 Å². The van der Waals surface area contributed by atoms with Gasteiger partial charge in [-0.2, -0.15) is 0 Å². The number of hydrogen-bond donors (Lipinski definition) is 1. The number of amides is 1. The van der Waals surface area contributed by atoms with E-state index < -0.39 is 0 Å². The molecule has 2 aromatic rings. The molecule has 1 amide bonds. The van der Waals surface area contributed by atoms with E-state index in [0.717, 1.165) is 31.8 Å². The van der Waals surface area contributed by atoms with Gasteiger partial charge in [-0.1, -0.05) is 30.1 Å². The van der Waals surface area contributed by atoms with Gasteiger partial charge in [0.2, 0.25) is 5.95 Å². The van der Waals surface area contributed by atoms with Crippen LogP contribution in [0.15, 0.2) is 30.6 Å². The van der Waals surface area contributed by atoms with Gasteiger partial charge in [0.05, 0.1) is 5.56 Å². The lowest BCUT2D eigenvalue weighted by Crippen LogP contribution is -2.34. The summed E-state index contributed by atoms with van der Waals surface area (Å²) >= 11 is 11.9. The third-order valence-electron chi connectivity index (χ3n) is 4.09. The smallest absolute Gasteiger partial charge is 0.258 e. The highest BCUT2D eigenvalue weighted by Gasteiger charge is 2.18. The Bertz CT molecular complexity index is 708. The quantitative estimate of drug-likeness (QED) is 0.883. The van der Waals surface area contributed by atoms with Crippen molar-refractivity contribution in [3.8, 4) is 0 Å². The zero-order valence-electron chi connectivity index (χ0n) is 13.3. The number of benzene rings is 1. The van der Waals surface area contributed by atoms with Crippen molar-refractivity contribution in [3.05, 3.63) is 46.2 Å². The van der Waals surface area contributed by atoms with Crippen LogP contribution in [0.2, 0.25) is 10.0 Å². The van der Waals surface area contributed by atoms with Crippen LogP contribution in [0.25, 0.3) is 0 Å². The molecule has 0 aliphatic carbocycles. The predicted octanol–water partition coefficient (Wildman–Crippen LogP) is 4.27. The van der Waals surface area contributed by atoms with Gasteiger partial charge in [0, 0.05) is 41.2 Å². The van der Waals surface area contributed by atoms with Crippen LogP contribution in [0.3, 0.4) is 0 Å². The SMILES string of the molecule is CC1CCN(c2ncc(C(=O)Nc3cc(Cl)cc(Cl)c3)cn2)CC1. The van der Waals surface area contributed by atoms with E-state index in [1.807, 2.05) is 0 Å². The molecular weight excluding hydrogens is 347 g/mol. The van der Waals surface area contributed by atoms with Crippen molar-refractivity contribution in [1.82, 2.24) is 9.97 Å². The first-order valence-corrected chi connectivity index (χ1v) is 8.61. The first-order valence-electron chi connectivity index (χ1n) is 7.86. The number of hydrogen-bond acceptors (Lipinski definition) is 4. The van der Waals surface area contributed by atoms with Crippen molar-refractivity contribution in [3.63, 3.8) is 0 Å². The summed E-state index contributed by atoms with van der Waals surface area (Å²) in [5.74, 6) is 1.12. The first kappa shape index (κ1) is 17.0. The second kappa shape index (κ2) is 7.36. The van der Waals surface area contributed by atoms with E-state index in [4.69, 9.17) is 23.2 Å². The van der Waals surface area contributed by atoms with Gasteiger partial charge in [0.15, 0.2) is 0 Å². The lowest BCUT2D eigenvalue weighted by molar-refractivity contribution is 0.102.